The fraction of sp³-hybridized carbons (Fsp3) is 0.333. The fourth-order valence-corrected chi connectivity index (χ4v) is 2.36. The molecular weight excluding hydrogens is 290 g/mol. The minimum Gasteiger partial charge on any atom is -0.492 e. The van der Waals surface area contributed by atoms with Gasteiger partial charge in [0.05, 0.1) is 29.7 Å². The summed E-state index contributed by atoms with van der Waals surface area (Å²) in [5.41, 5.74) is 2.13. The molecule has 1 aromatic carbocycles. The number of aromatic nitrogens is 1. The van der Waals surface area contributed by atoms with Crippen LogP contribution in [0.2, 0.25) is 0 Å². The molecule has 0 spiro atoms. The summed E-state index contributed by atoms with van der Waals surface area (Å²) in [6.45, 7) is 8.36. The van der Waals surface area contributed by atoms with Gasteiger partial charge in [-0.1, -0.05) is 12.1 Å². The molecule has 0 aliphatic rings. The van der Waals surface area contributed by atoms with E-state index < -0.39 is 0 Å². The minimum atomic E-state index is -0.196. The van der Waals surface area contributed by atoms with Gasteiger partial charge < -0.3 is 15.0 Å². The zero-order valence-electron chi connectivity index (χ0n) is 13.9. The van der Waals surface area contributed by atoms with Crippen LogP contribution in [0.4, 0.5) is 11.4 Å². The molecule has 122 valence electrons. The maximum Gasteiger partial charge on any atom is 0.257 e. The third-order valence-corrected chi connectivity index (χ3v) is 3.55. The van der Waals surface area contributed by atoms with E-state index in [1.54, 1.807) is 12.4 Å². The van der Waals surface area contributed by atoms with E-state index >= 15 is 0 Å². The van der Waals surface area contributed by atoms with Gasteiger partial charge >= 0.3 is 0 Å². The zero-order chi connectivity index (χ0) is 16.7. The average Bonchev–Trinajstić information content (AvgIpc) is 2.58. The molecule has 0 unspecified atom stereocenters. The lowest BCUT2D eigenvalue weighted by Gasteiger charge is -2.21. The van der Waals surface area contributed by atoms with Crippen molar-refractivity contribution in [1.29, 1.82) is 0 Å². The summed E-state index contributed by atoms with van der Waals surface area (Å²) in [5, 5.41) is 2.89. The highest BCUT2D eigenvalue weighted by Gasteiger charge is 2.12. The monoisotopic (exact) mass is 313 g/mol. The van der Waals surface area contributed by atoms with Gasteiger partial charge in [-0.2, -0.15) is 0 Å². The van der Waals surface area contributed by atoms with Crippen LogP contribution >= 0.6 is 0 Å². The number of anilines is 2. The second kappa shape index (κ2) is 8.17. The Morgan fingerprint density at radius 3 is 2.61 bits per heavy atom. The molecule has 1 aromatic heterocycles. The molecule has 0 bridgehead atoms. The van der Waals surface area contributed by atoms with E-state index in [4.69, 9.17) is 4.74 Å². The quantitative estimate of drug-likeness (QED) is 0.849. The SMILES string of the molecule is CCOc1ccccc1NC(=O)c1cncc(N(CC)CC)c1. The number of rotatable bonds is 7. The van der Waals surface area contributed by atoms with Gasteiger partial charge in [-0.05, 0) is 39.0 Å². The van der Waals surface area contributed by atoms with Crippen molar-refractivity contribution >= 4 is 17.3 Å². The Morgan fingerprint density at radius 1 is 1.17 bits per heavy atom. The maximum absolute atomic E-state index is 12.5. The standard InChI is InChI=1S/C18H23N3O2/c1-4-21(5-2)15-11-14(12-19-13-15)18(22)20-16-9-7-8-10-17(16)23-6-3/h7-13H,4-6H2,1-3H3,(H,20,22). The Balaban J connectivity index is 2.20. The molecule has 0 radical (unpaired) electrons. The lowest BCUT2D eigenvalue weighted by Crippen LogP contribution is -2.22. The first kappa shape index (κ1) is 16.8. The van der Waals surface area contributed by atoms with Crippen molar-refractivity contribution < 1.29 is 9.53 Å². The number of hydrogen-bond acceptors (Lipinski definition) is 4. The van der Waals surface area contributed by atoms with Crippen LogP contribution < -0.4 is 15.0 Å². The van der Waals surface area contributed by atoms with Crippen molar-refractivity contribution in [3.05, 3.63) is 48.3 Å². The van der Waals surface area contributed by atoms with Crippen LogP contribution in [0.1, 0.15) is 31.1 Å². The van der Waals surface area contributed by atoms with Crippen LogP contribution in [-0.2, 0) is 0 Å². The summed E-state index contributed by atoms with van der Waals surface area (Å²) in [5.74, 6) is 0.467. The van der Waals surface area contributed by atoms with Crippen LogP contribution in [0.3, 0.4) is 0 Å². The molecule has 5 heteroatoms. The van der Waals surface area contributed by atoms with Crippen molar-refractivity contribution in [3.8, 4) is 5.75 Å². The number of para-hydroxylation sites is 2. The number of hydrogen-bond donors (Lipinski definition) is 1. The summed E-state index contributed by atoms with van der Waals surface area (Å²) in [4.78, 5) is 18.8. The molecule has 0 aliphatic carbocycles. The molecule has 1 amide bonds. The normalized spacial score (nSPS) is 10.2. The molecule has 23 heavy (non-hydrogen) atoms. The van der Waals surface area contributed by atoms with Crippen LogP contribution in [0.15, 0.2) is 42.7 Å². The Kier molecular flexibility index (Phi) is 5.97. The van der Waals surface area contributed by atoms with Crippen molar-refractivity contribution in [2.24, 2.45) is 0 Å². The minimum absolute atomic E-state index is 0.196. The van der Waals surface area contributed by atoms with Crippen molar-refractivity contribution in [2.75, 3.05) is 29.9 Å². The Morgan fingerprint density at radius 2 is 1.91 bits per heavy atom. The van der Waals surface area contributed by atoms with E-state index in [9.17, 15) is 4.79 Å². The first-order valence-electron chi connectivity index (χ1n) is 7.92. The van der Waals surface area contributed by atoms with E-state index in [1.165, 1.54) is 0 Å². The summed E-state index contributed by atoms with van der Waals surface area (Å²) in [7, 11) is 0. The number of nitrogens with zero attached hydrogens (tertiary/aromatic N) is 2. The number of ether oxygens (including phenoxy) is 1. The average molecular weight is 313 g/mol. The molecular formula is C18H23N3O2. The molecule has 5 nitrogen and oxygen atoms in total. The van der Waals surface area contributed by atoms with Gasteiger partial charge in [-0.15, -0.1) is 0 Å². The highest BCUT2D eigenvalue weighted by atomic mass is 16.5. The maximum atomic E-state index is 12.5. The summed E-state index contributed by atoms with van der Waals surface area (Å²) < 4.78 is 5.53. The molecule has 2 aromatic rings. The summed E-state index contributed by atoms with van der Waals surface area (Å²) in [6, 6.07) is 9.26. The summed E-state index contributed by atoms with van der Waals surface area (Å²) >= 11 is 0. The second-order valence-corrected chi connectivity index (χ2v) is 4.99. The lowest BCUT2D eigenvalue weighted by molar-refractivity contribution is 0.102. The van der Waals surface area contributed by atoms with Crippen LogP contribution in [0, 0.1) is 0 Å². The highest BCUT2D eigenvalue weighted by Crippen LogP contribution is 2.24. The van der Waals surface area contributed by atoms with E-state index in [2.05, 4.69) is 29.0 Å². The number of benzene rings is 1. The van der Waals surface area contributed by atoms with Gasteiger partial charge in [0.1, 0.15) is 5.75 Å². The largest absolute Gasteiger partial charge is 0.492 e. The van der Waals surface area contributed by atoms with Gasteiger partial charge in [0.15, 0.2) is 0 Å². The second-order valence-electron chi connectivity index (χ2n) is 4.99. The Labute approximate surface area is 137 Å². The van der Waals surface area contributed by atoms with Crippen LogP contribution in [0.25, 0.3) is 0 Å². The zero-order valence-corrected chi connectivity index (χ0v) is 13.9. The summed E-state index contributed by atoms with van der Waals surface area (Å²) in [6.07, 6.45) is 3.35. The molecule has 2 rings (SSSR count). The van der Waals surface area contributed by atoms with Crippen molar-refractivity contribution in [3.63, 3.8) is 0 Å². The Bertz CT molecular complexity index is 654. The van der Waals surface area contributed by atoms with Crippen molar-refractivity contribution in [2.45, 2.75) is 20.8 Å². The third-order valence-electron chi connectivity index (χ3n) is 3.55. The van der Waals surface area contributed by atoms with E-state index in [-0.39, 0.29) is 5.91 Å². The molecule has 1 N–H and O–H groups in total. The first-order valence-corrected chi connectivity index (χ1v) is 7.92. The lowest BCUT2D eigenvalue weighted by atomic mass is 10.2. The third kappa shape index (κ3) is 4.22. The Hall–Kier alpha value is -2.56. The number of pyridine rings is 1. The first-order chi connectivity index (χ1) is 11.2. The number of amides is 1. The molecule has 0 atom stereocenters. The predicted molar refractivity (Wildman–Crippen MR) is 93.4 cm³/mol. The number of carbonyl (C=O) groups excluding carboxylic acids is 1. The van der Waals surface area contributed by atoms with Gasteiger partial charge in [0, 0.05) is 19.3 Å². The molecule has 0 aliphatic heterocycles. The topological polar surface area (TPSA) is 54.5 Å². The van der Waals surface area contributed by atoms with Gasteiger partial charge in [-0.25, -0.2) is 0 Å². The smallest absolute Gasteiger partial charge is 0.257 e. The molecule has 1 heterocycles. The van der Waals surface area contributed by atoms with Gasteiger partial charge in [0.25, 0.3) is 5.91 Å². The fourth-order valence-electron chi connectivity index (χ4n) is 2.36. The van der Waals surface area contributed by atoms with E-state index in [1.807, 2.05) is 37.3 Å². The number of carbonyl (C=O) groups is 1. The van der Waals surface area contributed by atoms with Crippen LogP contribution in [-0.4, -0.2) is 30.6 Å². The van der Waals surface area contributed by atoms with Gasteiger partial charge in [0.2, 0.25) is 0 Å². The van der Waals surface area contributed by atoms with Crippen LogP contribution in [0.5, 0.6) is 5.75 Å². The molecule has 0 saturated carbocycles. The number of nitrogens with one attached hydrogen (secondary N) is 1. The van der Waals surface area contributed by atoms with E-state index in [0.717, 1.165) is 18.8 Å². The molecule has 0 saturated heterocycles. The van der Waals surface area contributed by atoms with Crippen molar-refractivity contribution in [1.82, 2.24) is 4.98 Å². The highest BCUT2D eigenvalue weighted by molar-refractivity contribution is 6.05. The predicted octanol–water partition coefficient (Wildman–Crippen LogP) is 3.58. The molecule has 0 fully saturated rings. The van der Waals surface area contributed by atoms with Gasteiger partial charge in [-0.3, -0.25) is 9.78 Å². The van der Waals surface area contributed by atoms with E-state index in [0.29, 0.717) is 23.6 Å².